The molecular formula is C21H36O. The number of aromatic hydroxyl groups is 1. The van der Waals surface area contributed by atoms with Gasteiger partial charge in [-0.05, 0) is 36.5 Å². The van der Waals surface area contributed by atoms with Crippen molar-refractivity contribution < 1.29 is 5.11 Å². The molecule has 1 nitrogen and oxygen atoms in total. The minimum Gasteiger partial charge on any atom is -0.508 e. The highest BCUT2D eigenvalue weighted by atomic mass is 16.3. The van der Waals surface area contributed by atoms with Crippen molar-refractivity contribution in [3.63, 3.8) is 0 Å². The van der Waals surface area contributed by atoms with E-state index in [0.717, 1.165) is 0 Å². The van der Waals surface area contributed by atoms with Gasteiger partial charge in [0.25, 0.3) is 0 Å². The molecule has 0 aromatic heterocycles. The van der Waals surface area contributed by atoms with Gasteiger partial charge in [-0.25, -0.2) is 0 Å². The number of phenolic OH excluding ortho intramolecular Hbond substituents is 1. The molecule has 0 radical (unpaired) electrons. The number of phenols is 1. The lowest BCUT2D eigenvalue weighted by molar-refractivity contribution is 0.471. The van der Waals surface area contributed by atoms with Crippen molar-refractivity contribution in [3.8, 4) is 5.75 Å². The van der Waals surface area contributed by atoms with Crippen LogP contribution in [0.2, 0.25) is 0 Å². The number of unbranched alkanes of at least 4 members (excludes halogenated alkanes) is 8. The van der Waals surface area contributed by atoms with Gasteiger partial charge in [0.05, 0.1) is 0 Å². The van der Waals surface area contributed by atoms with Crippen LogP contribution in [0, 0.1) is 0 Å². The van der Waals surface area contributed by atoms with E-state index in [4.69, 9.17) is 0 Å². The zero-order valence-electron chi connectivity index (χ0n) is 14.8. The largest absolute Gasteiger partial charge is 0.508 e. The molecule has 0 saturated carbocycles. The summed E-state index contributed by atoms with van der Waals surface area (Å²) in [4.78, 5) is 0. The summed E-state index contributed by atoms with van der Waals surface area (Å²) < 4.78 is 0. The molecule has 0 unspecified atom stereocenters. The van der Waals surface area contributed by atoms with Gasteiger partial charge in [0.15, 0.2) is 0 Å². The Bertz CT molecular complexity index is 341. The maximum atomic E-state index is 9.48. The van der Waals surface area contributed by atoms with Gasteiger partial charge in [-0.15, -0.1) is 0 Å². The van der Waals surface area contributed by atoms with Crippen LogP contribution in [-0.2, 0) is 0 Å². The van der Waals surface area contributed by atoms with E-state index in [9.17, 15) is 5.11 Å². The van der Waals surface area contributed by atoms with Crippen molar-refractivity contribution in [1.82, 2.24) is 0 Å². The molecule has 1 aromatic carbocycles. The second-order valence-electron chi connectivity index (χ2n) is 6.69. The van der Waals surface area contributed by atoms with E-state index < -0.39 is 0 Å². The van der Waals surface area contributed by atoms with E-state index in [0.29, 0.717) is 11.7 Å². The lowest BCUT2D eigenvalue weighted by Gasteiger charge is -2.17. The lowest BCUT2D eigenvalue weighted by Crippen LogP contribution is -2.00. The summed E-state index contributed by atoms with van der Waals surface area (Å²) in [6.07, 6.45) is 16.2. The Morgan fingerprint density at radius 1 is 0.682 bits per heavy atom. The molecule has 0 saturated heterocycles. The molecule has 1 N–H and O–H groups in total. The molecule has 0 spiro atoms. The molecule has 1 aromatic rings. The van der Waals surface area contributed by atoms with Crippen molar-refractivity contribution in [2.45, 2.75) is 96.8 Å². The first kappa shape index (κ1) is 19.1. The standard InChI is InChI=1S/C21H36O/c1-3-5-7-9-11-13-19(14-12-10-8-6-4-2)20-15-17-21(22)18-16-20/h15-19,22H,3-14H2,1-2H3. The minimum absolute atomic E-state index is 0.383. The minimum atomic E-state index is 0.383. The number of hydrogen-bond acceptors (Lipinski definition) is 1. The van der Waals surface area contributed by atoms with Gasteiger partial charge in [-0.3, -0.25) is 0 Å². The third-order valence-corrected chi connectivity index (χ3v) is 4.68. The van der Waals surface area contributed by atoms with E-state index in [1.165, 1.54) is 82.6 Å². The smallest absolute Gasteiger partial charge is 0.115 e. The van der Waals surface area contributed by atoms with Crippen LogP contribution >= 0.6 is 0 Å². The van der Waals surface area contributed by atoms with Crippen molar-refractivity contribution in [3.05, 3.63) is 29.8 Å². The molecule has 0 fully saturated rings. The van der Waals surface area contributed by atoms with Crippen LogP contribution in [0.3, 0.4) is 0 Å². The second-order valence-corrected chi connectivity index (χ2v) is 6.69. The summed E-state index contributed by atoms with van der Waals surface area (Å²) >= 11 is 0. The zero-order chi connectivity index (χ0) is 16.0. The molecule has 0 aliphatic rings. The van der Waals surface area contributed by atoms with Crippen LogP contribution in [-0.4, -0.2) is 5.11 Å². The van der Waals surface area contributed by atoms with Crippen molar-refractivity contribution in [2.24, 2.45) is 0 Å². The van der Waals surface area contributed by atoms with Gasteiger partial charge < -0.3 is 5.11 Å². The highest BCUT2D eigenvalue weighted by Crippen LogP contribution is 2.29. The fourth-order valence-corrected chi connectivity index (χ4v) is 3.21. The second kappa shape index (κ2) is 12.6. The van der Waals surface area contributed by atoms with E-state index in [2.05, 4.69) is 26.0 Å². The van der Waals surface area contributed by atoms with Crippen molar-refractivity contribution in [1.29, 1.82) is 0 Å². The third-order valence-electron chi connectivity index (χ3n) is 4.68. The third kappa shape index (κ3) is 8.46. The molecule has 22 heavy (non-hydrogen) atoms. The van der Waals surface area contributed by atoms with Crippen molar-refractivity contribution >= 4 is 0 Å². The SMILES string of the molecule is CCCCCCCC(CCCCCCC)c1ccc(O)cc1. The lowest BCUT2D eigenvalue weighted by atomic mass is 9.88. The summed E-state index contributed by atoms with van der Waals surface area (Å²) in [5.74, 6) is 1.07. The first-order chi connectivity index (χ1) is 10.8. The first-order valence-electron chi connectivity index (χ1n) is 9.56. The van der Waals surface area contributed by atoms with Crippen LogP contribution in [0.5, 0.6) is 5.75 Å². The van der Waals surface area contributed by atoms with Crippen LogP contribution in [0.1, 0.15) is 102 Å². The average Bonchev–Trinajstić information content (AvgIpc) is 2.53. The maximum absolute atomic E-state index is 9.48. The van der Waals surface area contributed by atoms with Crippen LogP contribution < -0.4 is 0 Å². The molecule has 126 valence electrons. The van der Waals surface area contributed by atoms with Crippen LogP contribution in [0.25, 0.3) is 0 Å². The van der Waals surface area contributed by atoms with Crippen LogP contribution in [0.4, 0.5) is 0 Å². The summed E-state index contributed by atoms with van der Waals surface area (Å²) in [5.41, 5.74) is 1.42. The Morgan fingerprint density at radius 2 is 1.14 bits per heavy atom. The van der Waals surface area contributed by atoms with E-state index in [-0.39, 0.29) is 0 Å². The monoisotopic (exact) mass is 304 g/mol. The molecule has 0 bridgehead atoms. The Labute approximate surface area is 138 Å². The summed E-state index contributed by atoms with van der Waals surface area (Å²) in [5, 5.41) is 9.48. The molecule has 0 amide bonds. The predicted octanol–water partition coefficient (Wildman–Crippen LogP) is 7.20. The van der Waals surface area contributed by atoms with Gasteiger partial charge in [0.2, 0.25) is 0 Å². The summed E-state index contributed by atoms with van der Waals surface area (Å²) in [6.45, 7) is 4.55. The number of benzene rings is 1. The fraction of sp³-hybridized carbons (Fsp3) is 0.714. The van der Waals surface area contributed by atoms with Gasteiger partial charge in [0, 0.05) is 0 Å². The molecule has 0 aliphatic carbocycles. The van der Waals surface area contributed by atoms with Gasteiger partial charge in [-0.1, -0.05) is 90.2 Å². The zero-order valence-corrected chi connectivity index (χ0v) is 14.8. The Kier molecular flexibility index (Phi) is 10.9. The van der Waals surface area contributed by atoms with Crippen LogP contribution in [0.15, 0.2) is 24.3 Å². The fourth-order valence-electron chi connectivity index (χ4n) is 3.21. The summed E-state index contributed by atoms with van der Waals surface area (Å²) in [6, 6.07) is 7.93. The Morgan fingerprint density at radius 3 is 1.59 bits per heavy atom. The Balaban J connectivity index is 2.40. The van der Waals surface area contributed by atoms with E-state index in [1.54, 1.807) is 0 Å². The highest BCUT2D eigenvalue weighted by molar-refractivity contribution is 5.28. The average molecular weight is 305 g/mol. The quantitative estimate of drug-likeness (QED) is 0.382. The molecule has 0 atom stereocenters. The Hall–Kier alpha value is -0.980. The molecular weight excluding hydrogens is 268 g/mol. The van der Waals surface area contributed by atoms with E-state index in [1.807, 2.05) is 12.1 Å². The number of hydrogen-bond donors (Lipinski definition) is 1. The predicted molar refractivity (Wildman–Crippen MR) is 97.6 cm³/mol. The van der Waals surface area contributed by atoms with Gasteiger partial charge in [0.1, 0.15) is 5.75 Å². The van der Waals surface area contributed by atoms with Gasteiger partial charge in [-0.2, -0.15) is 0 Å². The first-order valence-corrected chi connectivity index (χ1v) is 9.56. The highest BCUT2D eigenvalue weighted by Gasteiger charge is 2.11. The summed E-state index contributed by atoms with van der Waals surface area (Å²) in [7, 11) is 0. The maximum Gasteiger partial charge on any atom is 0.115 e. The van der Waals surface area contributed by atoms with E-state index >= 15 is 0 Å². The number of rotatable bonds is 13. The van der Waals surface area contributed by atoms with Gasteiger partial charge >= 0.3 is 0 Å². The normalized spacial score (nSPS) is 11.2. The molecule has 0 aliphatic heterocycles. The molecule has 1 heteroatoms. The van der Waals surface area contributed by atoms with Crippen molar-refractivity contribution in [2.75, 3.05) is 0 Å². The molecule has 0 heterocycles. The molecule has 1 rings (SSSR count). The topological polar surface area (TPSA) is 20.2 Å².